The Labute approximate surface area is 178 Å². The van der Waals surface area contributed by atoms with Gasteiger partial charge >= 0.3 is 0 Å². The Morgan fingerprint density at radius 1 is 1.24 bits per heavy atom. The van der Waals surface area contributed by atoms with Crippen molar-refractivity contribution in [1.29, 1.82) is 0 Å². The van der Waals surface area contributed by atoms with Gasteiger partial charge in [-0.05, 0) is 55.3 Å². The van der Waals surface area contributed by atoms with Crippen molar-refractivity contribution >= 4 is 17.3 Å². The van der Waals surface area contributed by atoms with E-state index in [9.17, 15) is 0 Å². The maximum atomic E-state index is 5.67. The molecule has 29 heavy (non-hydrogen) atoms. The van der Waals surface area contributed by atoms with Crippen LogP contribution in [-0.4, -0.2) is 57.9 Å². The molecule has 3 rings (SSSR count). The van der Waals surface area contributed by atoms with Crippen LogP contribution >= 0.6 is 11.3 Å². The molecule has 1 aromatic heterocycles. The lowest BCUT2D eigenvalue weighted by Gasteiger charge is -2.37. The van der Waals surface area contributed by atoms with Crippen molar-refractivity contribution in [3.05, 3.63) is 52.2 Å². The number of methoxy groups -OCH3 is 1. The molecule has 0 atom stereocenters. The lowest BCUT2D eigenvalue weighted by molar-refractivity contribution is 0.0530. The number of thiophene rings is 1. The van der Waals surface area contributed by atoms with E-state index in [1.807, 2.05) is 11.3 Å². The zero-order valence-corrected chi connectivity index (χ0v) is 18.6. The monoisotopic (exact) mass is 415 g/mol. The van der Waals surface area contributed by atoms with Crippen LogP contribution in [0.15, 0.2) is 46.8 Å². The van der Waals surface area contributed by atoms with Crippen LogP contribution in [-0.2, 0) is 16.6 Å². The fraction of sp³-hybridized carbons (Fsp3) is 0.522. The number of rotatable bonds is 8. The topological polar surface area (TPSA) is 46.1 Å². The summed E-state index contributed by atoms with van der Waals surface area (Å²) in [4.78, 5) is 8.73. The molecule has 6 heteroatoms. The first-order valence-electron chi connectivity index (χ1n) is 10.4. The van der Waals surface area contributed by atoms with Gasteiger partial charge in [0.15, 0.2) is 5.96 Å². The summed E-state index contributed by atoms with van der Waals surface area (Å²) in [6.45, 7) is 6.26. The first-order chi connectivity index (χ1) is 14.2. The Morgan fingerprint density at radius 2 is 2.00 bits per heavy atom. The minimum absolute atomic E-state index is 0.0137. The molecule has 1 aliphatic rings. The number of hydrogen-bond donors (Lipinski definition) is 1. The van der Waals surface area contributed by atoms with E-state index in [1.165, 1.54) is 10.4 Å². The Bertz CT molecular complexity index is 753. The lowest BCUT2D eigenvalue weighted by Crippen LogP contribution is -2.42. The number of benzene rings is 1. The Morgan fingerprint density at radius 3 is 2.62 bits per heavy atom. The van der Waals surface area contributed by atoms with E-state index in [0.717, 1.165) is 63.8 Å². The van der Waals surface area contributed by atoms with Crippen molar-refractivity contribution in [3.63, 3.8) is 0 Å². The summed E-state index contributed by atoms with van der Waals surface area (Å²) in [5.41, 5.74) is 1.34. The SMILES string of the molecule is CCNC(=NCC1(c2ccc(OC)cc2)CCOCC1)N(C)CCc1cccs1. The molecule has 1 aliphatic heterocycles. The number of nitrogens with one attached hydrogen (secondary N) is 1. The van der Waals surface area contributed by atoms with E-state index in [0.29, 0.717) is 0 Å². The minimum Gasteiger partial charge on any atom is -0.497 e. The summed E-state index contributed by atoms with van der Waals surface area (Å²) in [7, 11) is 3.83. The number of hydrogen-bond acceptors (Lipinski definition) is 4. The number of ether oxygens (including phenoxy) is 2. The highest BCUT2D eigenvalue weighted by atomic mass is 32.1. The van der Waals surface area contributed by atoms with E-state index in [4.69, 9.17) is 14.5 Å². The molecule has 1 N–H and O–H groups in total. The van der Waals surface area contributed by atoms with Crippen LogP contribution in [0.3, 0.4) is 0 Å². The number of aliphatic imine (C=N–C) groups is 1. The fourth-order valence-electron chi connectivity index (χ4n) is 3.78. The standard InChI is InChI=1S/C23H33N3O2S/c1-4-24-22(26(2)14-11-21-6-5-17-29-21)25-18-23(12-15-28-16-13-23)19-7-9-20(27-3)10-8-19/h5-10,17H,4,11-16,18H2,1-3H3,(H,24,25). The molecular formula is C23H33N3O2S. The van der Waals surface area contributed by atoms with Crippen LogP contribution < -0.4 is 10.1 Å². The molecular weight excluding hydrogens is 382 g/mol. The number of nitrogens with zero attached hydrogens (tertiary/aromatic N) is 2. The molecule has 0 spiro atoms. The average Bonchev–Trinajstić information content (AvgIpc) is 3.29. The molecule has 2 heterocycles. The van der Waals surface area contributed by atoms with Crippen molar-refractivity contribution in [3.8, 4) is 5.75 Å². The summed E-state index contributed by atoms with van der Waals surface area (Å²) >= 11 is 1.81. The van der Waals surface area contributed by atoms with Crippen LogP contribution in [0.25, 0.3) is 0 Å². The third-order valence-electron chi connectivity index (χ3n) is 5.65. The third kappa shape index (κ3) is 5.73. The van der Waals surface area contributed by atoms with Gasteiger partial charge in [0.2, 0.25) is 0 Å². The van der Waals surface area contributed by atoms with Gasteiger partial charge in [-0.25, -0.2) is 0 Å². The molecule has 0 unspecified atom stereocenters. The summed E-state index contributed by atoms with van der Waals surface area (Å²) in [6, 6.07) is 12.8. The summed E-state index contributed by atoms with van der Waals surface area (Å²) in [5.74, 6) is 1.87. The highest BCUT2D eigenvalue weighted by Crippen LogP contribution is 2.36. The van der Waals surface area contributed by atoms with Crippen LogP contribution in [0.4, 0.5) is 0 Å². The first-order valence-corrected chi connectivity index (χ1v) is 11.3. The van der Waals surface area contributed by atoms with E-state index >= 15 is 0 Å². The minimum atomic E-state index is 0.0137. The Hall–Kier alpha value is -2.05. The second-order valence-electron chi connectivity index (χ2n) is 7.54. The molecule has 0 bridgehead atoms. The van der Waals surface area contributed by atoms with Crippen LogP contribution in [0.2, 0.25) is 0 Å². The van der Waals surface area contributed by atoms with E-state index in [-0.39, 0.29) is 5.41 Å². The fourth-order valence-corrected chi connectivity index (χ4v) is 4.48. The molecule has 1 saturated heterocycles. The molecule has 0 saturated carbocycles. The van der Waals surface area contributed by atoms with Gasteiger partial charge in [0, 0.05) is 43.6 Å². The summed E-state index contributed by atoms with van der Waals surface area (Å²) < 4.78 is 11.0. The van der Waals surface area contributed by atoms with Gasteiger partial charge in [0.25, 0.3) is 0 Å². The normalized spacial score (nSPS) is 16.4. The maximum absolute atomic E-state index is 5.67. The van der Waals surface area contributed by atoms with E-state index < -0.39 is 0 Å². The quantitative estimate of drug-likeness (QED) is 0.524. The second-order valence-corrected chi connectivity index (χ2v) is 8.57. The summed E-state index contributed by atoms with van der Waals surface area (Å²) in [5, 5.41) is 5.60. The lowest BCUT2D eigenvalue weighted by atomic mass is 9.74. The van der Waals surface area contributed by atoms with Crippen LogP contribution in [0.1, 0.15) is 30.2 Å². The average molecular weight is 416 g/mol. The molecule has 5 nitrogen and oxygen atoms in total. The van der Waals surface area contributed by atoms with E-state index in [1.54, 1.807) is 7.11 Å². The molecule has 2 aromatic rings. The molecule has 158 valence electrons. The van der Waals surface area contributed by atoms with Crippen LogP contribution in [0.5, 0.6) is 5.75 Å². The van der Waals surface area contributed by atoms with Crippen molar-refractivity contribution in [1.82, 2.24) is 10.2 Å². The molecule has 0 radical (unpaired) electrons. The predicted molar refractivity (Wildman–Crippen MR) is 121 cm³/mol. The first kappa shape index (κ1) is 21.7. The van der Waals surface area contributed by atoms with Crippen molar-refractivity contribution in [2.75, 3.05) is 47.0 Å². The smallest absolute Gasteiger partial charge is 0.193 e. The highest BCUT2D eigenvalue weighted by molar-refractivity contribution is 7.09. The van der Waals surface area contributed by atoms with Crippen molar-refractivity contribution in [2.45, 2.75) is 31.6 Å². The maximum Gasteiger partial charge on any atom is 0.193 e. The molecule has 1 fully saturated rings. The number of likely N-dealkylation sites (N-methyl/N-ethyl adjacent to an activating group) is 1. The van der Waals surface area contributed by atoms with Crippen molar-refractivity contribution in [2.24, 2.45) is 4.99 Å². The molecule has 0 amide bonds. The highest BCUT2D eigenvalue weighted by Gasteiger charge is 2.34. The largest absolute Gasteiger partial charge is 0.497 e. The van der Waals surface area contributed by atoms with Gasteiger partial charge in [-0.3, -0.25) is 4.99 Å². The molecule has 1 aromatic carbocycles. The van der Waals surface area contributed by atoms with Crippen molar-refractivity contribution < 1.29 is 9.47 Å². The van der Waals surface area contributed by atoms with Gasteiger partial charge in [-0.15, -0.1) is 11.3 Å². The van der Waals surface area contributed by atoms with E-state index in [2.05, 4.69) is 66.0 Å². The predicted octanol–water partition coefficient (Wildman–Crippen LogP) is 3.94. The van der Waals surface area contributed by atoms with Gasteiger partial charge < -0.3 is 19.7 Å². The zero-order chi connectivity index (χ0) is 20.5. The number of guanidine groups is 1. The van der Waals surface area contributed by atoms with Gasteiger partial charge in [-0.2, -0.15) is 0 Å². The summed E-state index contributed by atoms with van der Waals surface area (Å²) in [6.07, 6.45) is 3.01. The van der Waals surface area contributed by atoms with Gasteiger partial charge in [0.05, 0.1) is 13.7 Å². The third-order valence-corrected chi connectivity index (χ3v) is 6.59. The molecule has 0 aliphatic carbocycles. The second kappa shape index (κ2) is 10.6. The Balaban J connectivity index is 1.75. The van der Waals surface area contributed by atoms with Gasteiger partial charge in [0.1, 0.15) is 5.75 Å². The zero-order valence-electron chi connectivity index (χ0n) is 17.8. The Kier molecular flexibility index (Phi) is 7.95. The van der Waals surface area contributed by atoms with Crippen LogP contribution in [0, 0.1) is 0 Å². The van der Waals surface area contributed by atoms with Gasteiger partial charge in [-0.1, -0.05) is 18.2 Å².